The lowest BCUT2D eigenvalue weighted by Crippen LogP contribution is -2.12. The van der Waals surface area contributed by atoms with Gasteiger partial charge in [-0.05, 0) is 31.2 Å². The van der Waals surface area contributed by atoms with Crippen molar-refractivity contribution in [2.75, 3.05) is 0 Å². The molecule has 0 spiro atoms. The first kappa shape index (κ1) is 14.5. The number of aliphatic hydroxyl groups is 1. The lowest BCUT2D eigenvalue weighted by Gasteiger charge is -2.23. The van der Waals surface area contributed by atoms with Gasteiger partial charge in [-0.25, -0.2) is 9.97 Å². The van der Waals surface area contributed by atoms with E-state index in [2.05, 4.69) is 9.97 Å². The molecule has 1 aliphatic rings. The maximum atomic E-state index is 11.4. The van der Waals surface area contributed by atoms with E-state index in [0.29, 0.717) is 34.1 Å². The van der Waals surface area contributed by atoms with E-state index in [1.165, 1.54) is 6.92 Å². The predicted octanol–water partition coefficient (Wildman–Crippen LogP) is 3.53. The number of hydrogen-bond acceptors (Lipinski definition) is 5. The quantitative estimate of drug-likeness (QED) is 0.732. The zero-order valence-corrected chi connectivity index (χ0v) is 12.9. The number of nitrogens with zero attached hydrogens (tertiary/aromatic N) is 2. The summed E-state index contributed by atoms with van der Waals surface area (Å²) < 4.78 is 5.74. The molecule has 118 valence electrons. The van der Waals surface area contributed by atoms with Gasteiger partial charge in [0.15, 0.2) is 5.78 Å². The molecule has 1 N–H and O–H groups in total. The van der Waals surface area contributed by atoms with Gasteiger partial charge in [0.2, 0.25) is 11.8 Å². The summed E-state index contributed by atoms with van der Waals surface area (Å²) in [5.41, 5.74) is 3.47. The van der Waals surface area contributed by atoms with E-state index in [-0.39, 0.29) is 5.78 Å². The van der Waals surface area contributed by atoms with Crippen molar-refractivity contribution in [3.05, 3.63) is 71.4 Å². The molecule has 1 atom stereocenters. The normalized spacial score (nSPS) is 15.2. The van der Waals surface area contributed by atoms with Gasteiger partial charge < -0.3 is 9.84 Å². The Balaban J connectivity index is 1.73. The first-order chi connectivity index (χ1) is 11.6. The number of carbonyl (C=O) groups excluding carboxylic acids is 1. The Hall–Kier alpha value is -3.05. The second kappa shape index (κ2) is 5.54. The molecule has 1 aliphatic heterocycles. The van der Waals surface area contributed by atoms with Gasteiger partial charge in [0.1, 0.15) is 6.10 Å². The van der Waals surface area contributed by atoms with E-state index >= 15 is 0 Å². The molecule has 0 saturated heterocycles. The van der Waals surface area contributed by atoms with Crippen LogP contribution in [0.1, 0.15) is 34.5 Å². The Morgan fingerprint density at radius 1 is 1.04 bits per heavy atom. The van der Waals surface area contributed by atoms with Crippen LogP contribution in [0, 0.1) is 0 Å². The lowest BCUT2D eigenvalue weighted by molar-refractivity contribution is 0.101. The van der Waals surface area contributed by atoms with Crippen molar-refractivity contribution >= 4 is 5.78 Å². The number of aromatic nitrogens is 2. The molecule has 0 bridgehead atoms. The minimum absolute atomic E-state index is 0.0223. The van der Waals surface area contributed by atoms with Crippen molar-refractivity contribution < 1.29 is 14.6 Å². The van der Waals surface area contributed by atoms with Gasteiger partial charge in [0.05, 0.1) is 5.69 Å². The molecule has 5 heteroatoms. The third-order valence-corrected chi connectivity index (χ3v) is 4.06. The monoisotopic (exact) mass is 318 g/mol. The molecule has 4 rings (SSSR count). The van der Waals surface area contributed by atoms with Crippen LogP contribution in [0.15, 0.2) is 54.7 Å². The van der Waals surface area contributed by atoms with Crippen LogP contribution in [0.25, 0.3) is 11.3 Å². The maximum Gasteiger partial charge on any atom is 0.228 e. The maximum absolute atomic E-state index is 11.4. The highest BCUT2D eigenvalue weighted by molar-refractivity contribution is 5.94. The average Bonchev–Trinajstić information content (AvgIpc) is 2.61. The van der Waals surface area contributed by atoms with Crippen molar-refractivity contribution in [1.29, 1.82) is 0 Å². The predicted molar refractivity (Wildman–Crippen MR) is 88.1 cm³/mol. The van der Waals surface area contributed by atoms with Crippen molar-refractivity contribution in [3.8, 4) is 23.0 Å². The fourth-order valence-corrected chi connectivity index (χ4v) is 2.73. The highest BCUT2D eigenvalue weighted by Gasteiger charge is 2.27. The second-order valence-electron chi connectivity index (χ2n) is 5.63. The molecule has 0 saturated carbocycles. The highest BCUT2D eigenvalue weighted by Crippen LogP contribution is 2.41. The smallest absolute Gasteiger partial charge is 0.228 e. The number of benzene rings is 1. The van der Waals surface area contributed by atoms with E-state index in [1.807, 2.05) is 18.2 Å². The molecule has 3 aromatic rings. The molecule has 0 amide bonds. The minimum Gasteiger partial charge on any atom is -0.420 e. The van der Waals surface area contributed by atoms with Gasteiger partial charge in [-0.15, -0.1) is 0 Å². The van der Waals surface area contributed by atoms with E-state index in [9.17, 15) is 9.90 Å². The van der Waals surface area contributed by atoms with E-state index in [0.717, 1.165) is 5.56 Å². The Bertz CT molecular complexity index is 936. The van der Waals surface area contributed by atoms with E-state index < -0.39 is 6.10 Å². The lowest BCUT2D eigenvalue weighted by atomic mass is 10.00. The SMILES string of the molecule is CC(=O)c1ccc(-c2ccc3c(n2)Oc2ncccc2C3O)cc1. The highest BCUT2D eigenvalue weighted by atomic mass is 16.5. The van der Waals surface area contributed by atoms with E-state index in [4.69, 9.17) is 4.74 Å². The third-order valence-electron chi connectivity index (χ3n) is 4.06. The van der Waals surface area contributed by atoms with E-state index in [1.54, 1.807) is 36.5 Å². The molecule has 3 heterocycles. The van der Waals surface area contributed by atoms with Gasteiger partial charge in [0.25, 0.3) is 0 Å². The Labute approximate surface area is 138 Å². The van der Waals surface area contributed by atoms with Crippen LogP contribution in [0.5, 0.6) is 11.8 Å². The van der Waals surface area contributed by atoms with Crippen LogP contribution in [-0.2, 0) is 0 Å². The summed E-state index contributed by atoms with van der Waals surface area (Å²) in [6.45, 7) is 1.53. The van der Waals surface area contributed by atoms with Crippen LogP contribution >= 0.6 is 0 Å². The summed E-state index contributed by atoms with van der Waals surface area (Å²) in [6, 6.07) is 14.4. The Kier molecular flexibility index (Phi) is 3.36. The average molecular weight is 318 g/mol. The summed E-state index contributed by atoms with van der Waals surface area (Å²) in [5.74, 6) is 0.741. The first-order valence-electron chi connectivity index (χ1n) is 7.56. The zero-order valence-electron chi connectivity index (χ0n) is 12.9. The summed E-state index contributed by atoms with van der Waals surface area (Å²) in [6.07, 6.45) is 0.806. The topological polar surface area (TPSA) is 72.3 Å². The van der Waals surface area contributed by atoms with Gasteiger partial charge in [0, 0.05) is 28.5 Å². The van der Waals surface area contributed by atoms with Crippen molar-refractivity contribution in [2.24, 2.45) is 0 Å². The number of hydrogen-bond donors (Lipinski definition) is 1. The number of ketones is 1. The third kappa shape index (κ3) is 2.35. The fourth-order valence-electron chi connectivity index (χ4n) is 2.73. The fraction of sp³-hybridized carbons (Fsp3) is 0.105. The van der Waals surface area contributed by atoms with Crippen molar-refractivity contribution in [3.63, 3.8) is 0 Å². The molecule has 0 radical (unpaired) electrons. The molecule has 2 aromatic heterocycles. The van der Waals surface area contributed by atoms with Gasteiger partial charge in [-0.3, -0.25) is 4.79 Å². The number of Topliss-reactive ketones (excluding diaryl/α,β-unsaturated/α-hetero) is 1. The molecular weight excluding hydrogens is 304 g/mol. The summed E-state index contributed by atoms with van der Waals surface area (Å²) in [4.78, 5) is 20.0. The number of pyridine rings is 2. The number of fused-ring (bicyclic) bond motifs is 2. The second-order valence-corrected chi connectivity index (χ2v) is 5.63. The Morgan fingerprint density at radius 2 is 1.79 bits per heavy atom. The number of rotatable bonds is 2. The number of carbonyl (C=O) groups is 1. The molecule has 24 heavy (non-hydrogen) atoms. The molecule has 1 aromatic carbocycles. The first-order valence-corrected chi connectivity index (χ1v) is 7.56. The van der Waals surface area contributed by atoms with Crippen molar-refractivity contribution in [2.45, 2.75) is 13.0 Å². The van der Waals surface area contributed by atoms with Gasteiger partial charge in [-0.2, -0.15) is 0 Å². The summed E-state index contributed by atoms with van der Waals surface area (Å²) in [7, 11) is 0. The standard InChI is InChI=1S/C19H14N2O3/c1-11(22)12-4-6-13(7-5-12)16-9-8-15-17(23)14-3-2-10-20-18(14)24-19(15)21-16/h2-10,17,23H,1H3. The molecule has 0 aliphatic carbocycles. The Morgan fingerprint density at radius 3 is 2.54 bits per heavy atom. The number of aliphatic hydroxyl groups excluding tert-OH is 1. The van der Waals surface area contributed by atoms with Gasteiger partial charge >= 0.3 is 0 Å². The van der Waals surface area contributed by atoms with Crippen LogP contribution in [0.4, 0.5) is 0 Å². The van der Waals surface area contributed by atoms with Crippen molar-refractivity contribution in [1.82, 2.24) is 9.97 Å². The van der Waals surface area contributed by atoms with Crippen LogP contribution in [-0.4, -0.2) is 20.9 Å². The van der Waals surface area contributed by atoms with Crippen LogP contribution in [0.2, 0.25) is 0 Å². The molecule has 5 nitrogen and oxygen atoms in total. The molecule has 0 fully saturated rings. The summed E-state index contributed by atoms with van der Waals surface area (Å²) >= 11 is 0. The largest absolute Gasteiger partial charge is 0.420 e. The minimum atomic E-state index is -0.806. The van der Waals surface area contributed by atoms with Gasteiger partial charge in [-0.1, -0.05) is 24.3 Å². The molecule has 1 unspecified atom stereocenters. The molecular formula is C19H14N2O3. The van der Waals surface area contributed by atoms with Crippen LogP contribution < -0.4 is 4.74 Å². The number of ether oxygens (including phenoxy) is 1. The zero-order chi connectivity index (χ0) is 16.7. The summed E-state index contributed by atoms with van der Waals surface area (Å²) in [5, 5.41) is 10.5. The van der Waals surface area contributed by atoms with Crippen LogP contribution in [0.3, 0.4) is 0 Å².